The molecular formula is C16H25N3O2. The minimum atomic E-state index is 0.00335. The van der Waals surface area contributed by atoms with Crippen molar-refractivity contribution < 1.29 is 9.90 Å². The van der Waals surface area contributed by atoms with E-state index in [4.69, 9.17) is 5.73 Å². The maximum absolute atomic E-state index is 11.9. The maximum atomic E-state index is 11.9. The van der Waals surface area contributed by atoms with Crippen LogP contribution in [0.5, 0.6) is 0 Å². The zero-order chi connectivity index (χ0) is 15.1. The van der Waals surface area contributed by atoms with Gasteiger partial charge in [-0.25, -0.2) is 0 Å². The van der Waals surface area contributed by atoms with E-state index < -0.39 is 0 Å². The van der Waals surface area contributed by atoms with Crippen LogP contribution in [0, 0.1) is 5.92 Å². The molecule has 2 rings (SSSR count). The van der Waals surface area contributed by atoms with Crippen LogP contribution in [0.3, 0.4) is 0 Å². The van der Waals surface area contributed by atoms with Crippen molar-refractivity contribution in [1.82, 2.24) is 4.90 Å². The molecule has 21 heavy (non-hydrogen) atoms. The summed E-state index contributed by atoms with van der Waals surface area (Å²) < 4.78 is 0. The number of carbonyl (C=O) groups is 1. The fourth-order valence-corrected chi connectivity index (χ4v) is 2.79. The third kappa shape index (κ3) is 5.02. The second kappa shape index (κ2) is 8.00. The van der Waals surface area contributed by atoms with Crippen LogP contribution in [-0.4, -0.2) is 42.2 Å². The highest BCUT2D eigenvalue weighted by atomic mass is 16.3. The molecule has 0 spiro atoms. The summed E-state index contributed by atoms with van der Waals surface area (Å²) in [4.78, 5) is 14.2. The van der Waals surface area contributed by atoms with Gasteiger partial charge in [0.25, 0.3) is 0 Å². The molecule has 1 saturated heterocycles. The van der Waals surface area contributed by atoms with Gasteiger partial charge in [0.1, 0.15) is 0 Å². The van der Waals surface area contributed by atoms with E-state index in [-0.39, 0.29) is 12.5 Å². The SMILES string of the molecule is Nc1ccccc1NC(=O)CCCN1CCCC(CO)C1. The Morgan fingerprint density at radius 3 is 3.00 bits per heavy atom. The number of rotatable bonds is 6. The van der Waals surface area contributed by atoms with Gasteiger partial charge in [-0.1, -0.05) is 12.1 Å². The van der Waals surface area contributed by atoms with Gasteiger partial charge in [0.15, 0.2) is 0 Å². The Morgan fingerprint density at radius 1 is 1.43 bits per heavy atom. The summed E-state index contributed by atoms with van der Waals surface area (Å²) in [5.74, 6) is 0.403. The minimum absolute atomic E-state index is 0.00335. The van der Waals surface area contributed by atoms with Crippen molar-refractivity contribution in [2.24, 2.45) is 5.92 Å². The molecule has 1 aliphatic rings. The van der Waals surface area contributed by atoms with E-state index in [2.05, 4.69) is 10.2 Å². The van der Waals surface area contributed by atoms with Crippen molar-refractivity contribution in [2.75, 3.05) is 37.3 Å². The second-order valence-corrected chi connectivity index (χ2v) is 5.73. The number of nitrogens with two attached hydrogens (primary N) is 1. The predicted octanol–water partition coefficient (Wildman–Crippen LogP) is 1.69. The summed E-state index contributed by atoms with van der Waals surface area (Å²) in [5.41, 5.74) is 7.07. The third-order valence-corrected chi connectivity index (χ3v) is 3.97. The Labute approximate surface area is 126 Å². The quantitative estimate of drug-likeness (QED) is 0.697. The number of anilines is 2. The third-order valence-electron chi connectivity index (χ3n) is 3.97. The fraction of sp³-hybridized carbons (Fsp3) is 0.562. The molecule has 1 amide bonds. The monoisotopic (exact) mass is 291 g/mol. The molecule has 1 aromatic rings. The largest absolute Gasteiger partial charge is 0.397 e. The van der Waals surface area contributed by atoms with Gasteiger partial charge in [0, 0.05) is 19.6 Å². The Hall–Kier alpha value is -1.59. The van der Waals surface area contributed by atoms with Gasteiger partial charge in [0.05, 0.1) is 11.4 Å². The first-order valence-corrected chi connectivity index (χ1v) is 7.66. The number of likely N-dealkylation sites (tertiary alicyclic amines) is 1. The lowest BCUT2D eigenvalue weighted by molar-refractivity contribution is -0.116. The van der Waals surface area contributed by atoms with Gasteiger partial charge in [-0.3, -0.25) is 4.79 Å². The lowest BCUT2D eigenvalue weighted by atomic mass is 9.99. The normalized spacial score (nSPS) is 19.4. The minimum Gasteiger partial charge on any atom is -0.397 e. The molecular weight excluding hydrogens is 266 g/mol. The van der Waals surface area contributed by atoms with Crippen LogP contribution in [0.2, 0.25) is 0 Å². The maximum Gasteiger partial charge on any atom is 0.224 e. The van der Waals surface area contributed by atoms with E-state index in [1.165, 1.54) is 0 Å². The van der Waals surface area contributed by atoms with Crippen molar-refractivity contribution >= 4 is 17.3 Å². The smallest absolute Gasteiger partial charge is 0.224 e. The molecule has 1 atom stereocenters. The molecule has 0 aliphatic carbocycles. The number of nitrogens with one attached hydrogen (secondary N) is 1. The first-order valence-electron chi connectivity index (χ1n) is 7.66. The van der Waals surface area contributed by atoms with Gasteiger partial charge in [-0.2, -0.15) is 0 Å². The van der Waals surface area contributed by atoms with Crippen molar-refractivity contribution in [2.45, 2.75) is 25.7 Å². The molecule has 1 fully saturated rings. The summed E-state index contributed by atoms with van der Waals surface area (Å²) in [6.07, 6.45) is 3.57. The molecule has 5 heteroatoms. The molecule has 116 valence electrons. The molecule has 0 bridgehead atoms. The zero-order valence-electron chi connectivity index (χ0n) is 12.4. The number of aliphatic hydroxyl groups is 1. The lowest BCUT2D eigenvalue weighted by Crippen LogP contribution is -2.37. The fourth-order valence-electron chi connectivity index (χ4n) is 2.79. The zero-order valence-corrected chi connectivity index (χ0v) is 12.4. The first kappa shape index (κ1) is 15.8. The molecule has 1 aromatic carbocycles. The number of hydrogen-bond donors (Lipinski definition) is 3. The number of hydrogen-bond acceptors (Lipinski definition) is 4. The highest BCUT2D eigenvalue weighted by Gasteiger charge is 2.18. The molecule has 0 aromatic heterocycles. The van der Waals surface area contributed by atoms with E-state index in [9.17, 15) is 9.90 Å². The van der Waals surface area contributed by atoms with Gasteiger partial charge < -0.3 is 21.1 Å². The van der Waals surface area contributed by atoms with Crippen LogP contribution in [0.15, 0.2) is 24.3 Å². The van der Waals surface area contributed by atoms with Crippen molar-refractivity contribution in [3.05, 3.63) is 24.3 Å². The van der Waals surface area contributed by atoms with Crippen LogP contribution in [-0.2, 0) is 4.79 Å². The highest BCUT2D eigenvalue weighted by molar-refractivity contribution is 5.93. The number of carbonyl (C=O) groups excluding carboxylic acids is 1. The van der Waals surface area contributed by atoms with Crippen LogP contribution >= 0.6 is 0 Å². The lowest BCUT2D eigenvalue weighted by Gasteiger charge is -2.31. The number of piperidine rings is 1. The molecule has 0 radical (unpaired) electrons. The van der Waals surface area contributed by atoms with Crippen LogP contribution in [0.1, 0.15) is 25.7 Å². The molecule has 5 nitrogen and oxygen atoms in total. The van der Waals surface area contributed by atoms with E-state index in [0.29, 0.717) is 23.7 Å². The summed E-state index contributed by atoms with van der Waals surface area (Å²) in [5, 5.41) is 12.1. The summed E-state index contributed by atoms with van der Waals surface area (Å²) in [6.45, 7) is 3.20. The van der Waals surface area contributed by atoms with Crippen molar-refractivity contribution in [3.63, 3.8) is 0 Å². The molecule has 1 heterocycles. The van der Waals surface area contributed by atoms with E-state index in [1.54, 1.807) is 6.07 Å². The van der Waals surface area contributed by atoms with Gasteiger partial charge in [-0.15, -0.1) is 0 Å². The average molecular weight is 291 g/mol. The highest BCUT2D eigenvalue weighted by Crippen LogP contribution is 2.18. The topological polar surface area (TPSA) is 78.6 Å². The van der Waals surface area contributed by atoms with Crippen LogP contribution in [0.25, 0.3) is 0 Å². The van der Waals surface area contributed by atoms with Crippen LogP contribution in [0.4, 0.5) is 11.4 Å². The Bertz CT molecular complexity index is 465. The number of para-hydroxylation sites is 2. The van der Waals surface area contributed by atoms with Gasteiger partial charge in [0.2, 0.25) is 5.91 Å². The van der Waals surface area contributed by atoms with E-state index in [1.807, 2.05) is 18.2 Å². The van der Waals surface area contributed by atoms with E-state index in [0.717, 1.165) is 38.9 Å². The molecule has 1 unspecified atom stereocenters. The summed E-state index contributed by atoms with van der Waals surface area (Å²) in [7, 11) is 0. The number of amides is 1. The molecule has 4 N–H and O–H groups in total. The van der Waals surface area contributed by atoms with Crippen LogP contribution < -0.4 is 11.1 Å². The summed E-state index contributed by atoms with van der Waals surface area (Å²) >= 11 is 0. The Balaban J connectivity index is 1.69. The average Bonchev–Trinajstić information content (AvgIpc) is 2.50. The summed E-state index contributed by atoms with van der Waals surface area (Å²) in [6, 6.07) is 7.29. The van der Waals surface area contributed by atoms with Gasteiger partial charge in [-0.05, 0) is 50.4 Å². The standard InChI is InChI=1S/C16H25N3O2/c17-14-6-1-2-7-15(14)18-16(21)8-4-10-19-9-3-5-13(11-19)12-20/h1-2,6-7,13,20H,3-5,8-12,17H2,(H,18,21). The number of benzene rings is 1. The Morgan fingerprint density at radius 2 is 2.24 bits per heavy atom. The molecule has 1 aliphatic heterocycles. The molecule has 0 saturated carbocycles. The first-order chi connectivity index (χ1) is 10.2. The predicted molar refractivity (Wildman–Crippen MR) is 85.0 cm³/mol. The van der Waals surface area contributed by atoms with E-state index >= 15 is 0 Å². The number of nitrogen functional groups attached to an aromatic ring is 1. The van der Waals surface area contributed by atoms with Gasteiger partial charge >= 0.3 is 0 Å². The second-order valence-electron chi connectivity index (χ2n) is 5.73. The number of aliphatic hydroxyl groups excluding tert-OH is 1. The number of nitrogens with zero attached hydrogens (tertiary/aromatic N) is 1. The van der Waals surface area contributed by atoms with Crippen molar-refractivity contribution in [1.29, 1.82) is 0 Å². The van der Waals surface area contributed by atoms with Crippen molar-refractivity contribution in [3.8, 4) is 0 Å². The Kier molecular flexibility index (Phi) is 6.02.